The summed E-state index contributed by atoms with van der Waals surface area (Å²) in [6.45, 7) is 0. The van der Waals surface area contributed by atoms with Crippen molar-refractivity contribution >= 4 is 11.6 Å². The van der Waals surface area contributed by atoms with Crippen LogP contribution in [0, 0.1) is 12.1 Å². The largest absolute Gasteiger partial charge is 0.438 e. The van der Waals surface area contributed by atoms with Crippen LogP contribution in [0.1, 0.15) is 0 Å². The predicted molar refractivity (Wildman–Crippen MR) is 22.5 cm³/mol. The van der Waals surface area contributed by atoms with E-state index in [1.54, 1.807) is 0 Å². The Kier molecular flexibility index (Phi) is 1.02. The summed E-state index contributed by atoms with van der Waals surface area (Å²) in [5.74, 6) is 0. The van der Waals surface area contributed by atoms with Crippen molar-refractivity contribution < 1.29 is 8.81 Å². The number of rotatable bonds is 0. The molecule has 1 radical (unpaired) electrons. The highest BCUT2D eigenvalue weighted by molar-refractivity contribution is 6.30. The van der Waals surface area contributed by atoms with E-state index in [4.69, 9.17) is 11.6 Å². The van der Waals surface area contributed by atoms with Gasteiger partial charge in [0, 0.05) is 0 Å². The van der Waals surface area contributed by atoms with Crippen molar-refractivity contribution in [2.45, 2.75) is 0 Å². The zero-order chi connectivity index (χ0) is 5.28. The van der Waals surface area contributed by atoms with Crippen LogP contribution in [0.5, 0.6) is 0 Å². The molecule has 1 aromatic heterocycles. The van der Waals surface area contributed by atoms with Gasteiger partial charge in [-0.1, -0.05) is 11.6 Å². The average molecular weight is 120 g/mol. The van der Waals surface area contributed by atoms with E-state index in [9.17, 15) is 4.39 Å². The standard InChI is InChI=1S/C4HClFO/c5-3-1-4(6)7-2-3/h2H. The predicted octanol–water partition coefficient (Wildman–Crippen LogP) is 1.87. The summed E-state index contributed by atoms with van der Waals surface area (Å²) in [6.07, 6.45) is 1.08. The minimum absolute atomic E-state index is 0.164. The zero-order valence-corrected chi connectivity index (χ0v) is 4.00. The molecular formula is C4HClFO. The third-order valence-electron chi connectivity index (χ3n) is 0.484. The number of hydrogen-bond acceptors (Lipinski definition) is 1. The maximum atomic E-state index is 11.6. The van der Waals surface area contributed by atoms with Gasteiger partial charge in [0.2, 0.25) is 0 Å². The Balaban J connectivity index is 3.04. The summed E-state index contributed by atoms with van der Waals surface area (Å²) in [6, 6.07) is 1.30. The molecule has 7 heavy (non-hydrogen) atoms. The van der Waals surface area contributed by atoms with E-state index in [2.05, 4.69) is 10.5 Å². The minimum Gasteiger partial charge on any atom is -0.438 e. The lowest BCUT2D eigenvalue weighted by atomic mass is 10.7. The molecule has 1 heterocycles. The monoisotopic (exact) mass is 119 g/mol. The first kappa shape index (κ1) is 4.65. The first-order valence-electron chi connectivity index (χ1n) is 1.61. The van der Waals surface area contributed by atoms with E-state index < -0.39 is 6.01 Å². The fourth-order valence-electron chi connectivity index (χ4n) is 0.256. The molecule has 0 spiro atoms. The van der Waals surface area contributed by atoms with Gasteiger partial charge in [-0.3, -0.25) is 0 Å². The van der Waals surface area contributed by atoms with Gasteiger partial charge < -0.3 is 4.42 Å². The Hall–Kier alpha value is -0.500. The van der Waals surface area contributed by atoms with Crippen molar-refractivity contribution in [3.63, 3.8) is 0 Å². The van der Waals surface area contributed by atoms with Crippen molar-refractivity contribution in [2.75, 3.05) is 0 Å². The maximum Gasteiger partial charge on any atom is 0.287 e. The molecule has 0 atom stereocenters. The molecule has 1 aromatic rings. The van der Waals surface area contributed by atoms with E-state index in [0.29, 0.717) is 0 Å². The lowest BCUT2D eigenvalue weighted by Gasteiger charge is -1.62. The van der Waals surface area contributed by atoms with Gasteiger partial charge >= 0.3 is 0 Å². The second kappa shape index (κ2) is 1.54. The molecule has 37 valence electrons. The van der Waals surface area contributed by atoms with Gasteiger partial charge in [-0.2, -0.15) is 4.39 Å². The highest BCUT2D eigenvalue weighted by Crippen LogP contribution is 2.09. The molecule has 0 unspecified atom stereocenters. The smallest absolute Gasteiger partial charge is 0.287 e. The molecule has 1 rings (SSSR count). The summed E-state index contributed by atoms with van der Waals surface area (Å²) in [5.41, 5.74) is 0. The van der Waals surface area contributed by atoms with Crippen LogP contribution in [0.3, 0.4) is 0 Å². The van der Waals surface area contributed by atoms with Crippen LogP contribution in [0.25, 0.3) is 0 Å². The lowest BCUT2D eigenvalue weighted by molar-refractivity contribution is 0.358. The van der Waals surface area contributed by atoms with Crippen molar-refractivity contribution in [3.05, 3.63) is 23.4 Å². The number of hydrogen-bond donors (Lipinski definition) is 0. The third kappa shape index (κ3) is 0.933. The molecule has 0 fully saturated rings. The molecule has 0 aliphatic heterocycles. The molecule has 0 aliphatic carbocycles. The quantitative estimate of drug-likeness (QED) is 0.508. The van der Waals surface area contributed by atoms with Crippen molar-refractivity contribution in [2.24, 2.45) is 0 Å². The Morgan fingerprint density at radius 3 is 2.71 bits per heavy atom. The van der Waals surface area contributed by atoms with Crippen molar-refractivity contribution in [1.82, 2.24) is 0 Å². The molecule has 0 bridgehead atoms. The van der Waals surface area contributed by atoms with Crippen LogP contribution in [0.15, 0.2) is 10.7 Å². The summed E-state index contributed by atoms with van der Waals surface area (Å²) < 4.78 is 15.7. The summed E-state index contributed by atoms with van der Waals surface area (Å²) in [4.78, 5) is 0. The van der Waals surface area contributed by atoms with E-state index in [-0.39, 0.29) is 5.02 Å². The Bertz CT molecular complexity index is 144. The van der Waals surface area contributed by atoms with Crippen LogP contribution in [0.2, 0.25) is 5.02 Å². The highest BCUT2D eigenvalue weighted by atomic mass is 35.5. The van der Waals surface area contributed by atoms with E-state index >= 15 is 0 Å². The molecule has 0 aromatic carbocycles. The molecule has 0 aliphatic rings. The van der Waals surface area contributed by atoms with Gasteiger partial charge in [-0.05, 0) is 0 Å². The van der Waals surface area contributed by atoms with Gasteiger partial charge in [0.15, 0.2) is 0 Å². The first-order valence-corrected chi connectivity index (χ1v) is 1.98. The maximum absolute atomic E-state index is 11.6. The van der Waals surface area contributed by atoms with E-state index in [0.717, 1.165) is 6.26 Å². The molecule has 3 heteroatoms. The fourth-order valence-corrected chi connectivity index (χ4v) is 0.375. The summed E-state index contributed by atoms with van der Waals surface area (Å²) in [7, 11) is 0. The van der Waals surface area contributed by atoms with Crippen LogP contribution in [0.4, 0.5) is 4.39 Å². The Morgan fingerprint density at radius 2 is 2.57 bits per heavy atom. The first-order chi connectivity index (χ1) is 3.29. The molecule has 0 N–H and O–H groups in total. The minimum atomic E-state index is -0.773. The molecular weight excluding hydrogens is 118 g/mol. The molecule has 0 saturated heterocycles. The van der Waals surface area contributed by atoms with Crippen LogP contribution in [-0.4, -0.2) is 0 Å². The van der Waals surface area contributed by atoms with Crippen LogP contribution < -0.4 is 0 Å². The second-order valence-electron chi connectivity index (χ2n) is 0.982. The highest BCUT2D eigenvalue weighted by Gasteiger charge is 1.94. The van der Waals surface area contributed by atoms with Crippen molar-refractivity contribution in [1.29, 1.82) is 0 Å². The van der Waals surface area contributed by atoms with Gasteiger partial charge in [-0.15, -0.1) is 0 Å². The van der Waals surface area contributed by atoms with E-state index in [1.807, 2.05) is 0 Å². The van der Waals surface area contributed by atoms with Gasteiger partial charge in [0.1, 0.15) is 6.26 Å². The van der Waals surface area contributed by atoms with E-state index in [1.165, 1.54) is 0 Å². The molecule has 1 nitrogen and oxygen atoms in total. The normalized spacial score (nSPS) is 9.43. The summed E-state index contributed by atoms with van der Waals surface area (Å²) >= 11 is 5.17. The van der Waals surface area contributed by atoms with Crippen molar-refractivity contribution in [3.8, 4) is 0 Å². The fraction of sp³-hybridized carbons (Fsp3) is 0. The Labute approximate surface area is 44.7 Å². The van der Waals surface area contributed by atoms with Gasteiger partial charge in [0.25, 0.3) is 6.01 Å². The number of furan rings is 1. The van der Waals surface area contributed by atoms with Crippen LogP contribution >= 0.6 is 11.6 Å². The lowest BCUT2D eigenvalue weighted by Crippen LogP contribution is -1.52. The molecule has 0 amide bonds. The summed E-state index contributed by atoms with van der Waals surface area (Å²) in [5, 5.41) is 0.164. The Morgan fingerprint density at radius 1 is 1.86 bits per heavy atom. The molecule has 0 saturated carbocycles. The van der Waals surface area contributed by atoms with Crippen LogP contribution in [-0.2, 0) is 0 Å². The third-order valence-corrected chi connectivity index (χ3v) is 0.667. The van der Waals surface area contributed by atoms with Gasteiger partial charge in [0.05, 0.1) is 11.1 Å². The topological polar surface area (TPSA) is 13.1 Å². The zero-order valence-electron chi connectivity index (χ0n) is 3.24. The van der Waals surface area contributed by atoms with Gasteiger partial charge in [-0.25, -0.2) is 0 Å². The SMILES string of the molecule is Fc1[c]c(Cl)co1. The average Bonchev–Trinajstić information content (AvgIpc) is 1.87. The number of halogens is 2. The second-order valence-corrected chi connectivity index (χ2v) is 1.39.